The minimum absolute atomic E-state index is 0.110. The standard InChI is InChI=1S/C18H14N2O2S/c19-10-16-14(11-20-9-5-4-8-17(16)20)12-22-18(21)13-23-15-6-2-1-3-7-15/h1-9,11H,12-13H2. The summed E-state index contributed by atoms with van der Waals surface area (Å²) in [4.78, 5) is 12.9. The fourth-order valence-electron chi connectivity index (χ4n) is 2.27. The van der Waals surface area contributed by atoms with E-state index in [1.807, 2.05) is 65.3 Å². The van der Waals surface area contributed by atoms with Crippen molar-refractivity contribution >= 4 is 23.2 Å². The Balaban J connectivity index is 1.62. The lowest BCUT2D eigenvalue weighted by molar-refractivity contribution is -0.141. The number of carbonyl (C=O) groups is 1. The molecule has 2 heterocycles. The second-order valence-electron chi connectivity index (χ2n) is 4.90. The van der Waals surface area contributed by atoms with Gasteiger partial charge in [0.05, 0.1) is 16.8 Å². The number of esters is 1. The zero-order valence-corrected chi connectivity index (χ0v) is 13.1. The van der Waals surface area contributed by atoms with Gasteiger partial charge in [-0.25, -0.2) is 0 Å². The molecule has 0 saturated heterocycles. The number of ether oxygens (including phenoxy) is 1. The Morgan fingerprint density at radius 1 is 1.17 bits per heavy atom. The molecule has 0 radical (unpaired) electrons. The van der Waals surface area contributed by atoms with Gasteiger partial charge in [-0.3, -0.25) is 4.79 Å². The number of aromatic nitrogens is 1. The maximum Gasteiger partial charge on any atom is 0.316 e. The van der Waals surface area contributed by atoms with Crippen molar-refractivity contribution in [2.75, 3.05) is 5.75 Å². The Labute approximate surface area is 138 Å². The molecule has 0 saturated carbocycles. The van der Waals surface area contributed by atoms with Crippen LogP contribution < -0.4 is 0 Å². The first-order valence-corrected chi connectivity index (χ1v) is 8.08. The largest absolute Gasteiger partial charge is 0.460 e. The molecule has 4 nitrogen and oxygen atoms in total. The van der Waals surface area contributed by atoms with Crippen molar-refractivity contribution in [3.8, 4) is 6.07 Å². The van der Waals surface area contributed by atoms with Crippen LogP contribution in [0.5, 0.6) is 0 Å². The van der Waals surface area contributed by atoms with E-state index in [2.05, 4.69) is 6.07 Å². The number of thioether (sulfide) groups is 1. The summed E-state index contributed by atoms with van der Waals surface area (Å²) in [6.07, 6.45) is 3.69. The number of nitrogens with zero attached hydrogens (tertiary/aromatic N) is 2. The molecule has 114 valence electrons. The Morgan fingerprint density at radius 2 is 1.96 bits per heavy atom. The van der Waals surface area contributed by atoms with Gasteiger partial charge in [0.25, 0.3) is 0 Å². The van der Waals surface area contributed by atoms with Crippen LogP contribution in [0.3, 0.4) is 0 Å². The molecule has 0 aliphatic carbocycles. The fraction of sp³-hybridized carbons (Fsp3) is 0.111. The molecule has 0 aliphatic rings. The van der Waals surface area contributed by atoms with Crippen LogP contribution in [0.2, 0.25) is 0 Å². The number of nitriles is 1. The Kier molecular flexibility index (Phi) is 4.65. The molecule has 2 aromatic heterocycles. The van der Waals surface area contributed by atoms with Crippen molar-refractivity contribution < 1.29 is 9.53 Å². The van der Waals surface area contributed by atoms with Crippen LogP contribution in [0.25, 0.3) is 5.52 Å². The first kappa shape index (κ1) is 15.2. The lowest BCUT2D eigenvalue weighted by atomic mass is 10.2. The monoisotopic (exact) mass is 322 g/mol. The molecular weight excluding hydrogens is 308 g/mol. The number of hydrogen-bond acceptors (Lipinski definition) is 4. The topological polar surface area (TPSA) is 54.5 Å². The summed E-state index contributed by atoms with van der Waals surface area (Å²) in [6, 6.07) is 17.5. The van der Waals surface area contributed by atoms with Crippen molar-refractivity contribution in [3.63, 3.8) is 0 Å². The number of benzene rings is 1. The number of pyridine rings is 1. The maximum absolute atomic E-state index is 11.9. The van der Waals surface area contributed by atoms with E-state index in [0.29, 0.717) is 5.56 Å². The first-order chi connectivity index (χ1) is 11.3. The van der Waals surface area contributed by atoms with Gasteiger partial charge in [0.15, 0.2) is 0 Å². The third kappa shape index (κ3) is 3.55. The van der Waals surface area contributed by atoms with Gasteiger partial charge in [-0.05, 0) is 24.3 Å². The summed E-state index contributed by atoms with van der Waals surface area (Å²) >= 11 is 1.43. The van der Waals surface area contributed by atoms with Gasteiger partial charge in [-0.15, -0.1) is 11.8 Å². The summed E-state index contributed by atoms with van der Waals surface area (Å²) in [7, 11) is 0. The van der Waals surface area contributed by atoms with Crippen LogP contribution in [-0.2, 0) is 16.1 Å². The molecule has 5 heteroatoms. The van der Waals surface area contributed by atoms with E-state index in [-0.39, 0.29) is 18.3 Å². The van der Waals surface area contributed by atoms with Gasteiger partial charge in [0.2, 0.25) is 0 Å². The minimum Gasteiger partial charge on any atom is -0.460 e. The zero-order chi connectivity index (χ0) is 16.1. The Morgan fingerprint density at radius 3 is 2.74 bits per heavy atom. The molecule has 0 N–H and O–H groups in total. The van der Waals surface area contributed by atoms with Gasteiger partial charge in [-0.1, -0.05) is 24.3 Å². The molecule has 0 amide bonds. The van der Waals surface area contributed by atoms with E-state index in [1.54, 1.807) is 0 Å². The maximum atomic E-state index is 11.9. The van der Waals surface area contributed by atoms with Crippen LogP contribution in [-0.4, -0.2) is 16.1 Å². The quantitative estimate of drug-likeness (QED) is 0.531. The van der Waals surface area contributed by atoms with Crippen molar-refractivity contribution in [2.24, 2.45) is 0 Å². The molecule has 23 heavy (non-hydrogen) atoms. The number of fused-ring (bicyclic) bond motifs is 1. The summed E-state index contributed by atoms with van der Waals surface area (Å²) in [6.45, 7) is 0.110. The Bertz CT molecular complexity index is 866. The summed E-state index contributed by atoms with van der Waals surface area (Å²) < 4.78 is 7.16. The van der Waals surface area contributed by atoms with E-state index in [9.17, 15) is 10.1 Å². The molecule has 3 rings (SSSR count). The molecule has 0 unspecified atom stereocenters. The third-order valence-electron chi connectivity index (χ3n) is 3.36. The number of rotatable bonds is 5. The first-order valence-electron chi connectivity index (χ1n) is 7.10. The van der Waals surface area contributed by atoms with E-state index >= 15 is 0 Å². The van der Waals surface area contributed by atoms with E-state index in [4.69, 9.17) is 4.74 Å². The highest BCUT2D eigenvalue weighted by atomic mass is 32.2. The summed E-state index contributed by atoms with van der Waals surface area (Å²) in [5.74, 6) is -0.0442. The SMILES string of the molecule is N#Cc1c(COC(=O)CSc2ccccc2)cn2ccccc12. The molecule has 3 aromatic rings. The average molecular weight is 322 g/mol. The van der Waals surface area contributed by atoms with Crippen LogP contribution in [0.4, 0.5) is 0 Å². The van der Waals surface area contributed by atoms with Crippen molar-refractivity contribution in [1.29, 1.82) is 5.26 Å². The molecule has 0 fully saturated rings. The predicted molar refractivity (Wildman–Crippen MR) is 89.1 cm³/mol. The smallest absolute Gasteiger partial charge is 0.316 e. The highest BCUT2D eigenvalue weighted by Gasteiger charge is 2.12. The van der Waals surface area contributed by atoms with Gasteiger partial charge in [0.1, 0.15) is 12.7 Å². The van der Waals surface area contributed by atoms with Crippen molar-refractivity contribution in [2.45, 2.75) is 11.5 Å². The van der Waals surface area contributed by atoms with E-state index < -0.39 is 0 Å². The predicted octanol–water partition coefficient (Wildman–Crippen LogP) is 3.65. The number of hydrogen-bond donors (Lipinski definition) is 0. The molecule has 1 aromatic carbocycles. The number of carbonyl (C=O) groups excluding carboxylic acids is 1. The van der Waals surface area contributed by atoms with Crippen LogP contribution in [0.1, 0.15) is 11.1 Å². The summed E-state index contributed by atoms with van der Waals surface area (Å²) in [5.41, 5.74) is 2.09. The fourth-order valence-corrected chi connectivity index (χ4v) is 2.99. The lowest BCUT2D eigenvalue weighted by Crippen LogP contribution is -2.07. The highest BCUT2D eigenvalue weighted by Crippen LogP contribution is 2.20. The molecular formula is C18H14N2O2S. The lowest BCUT2D eigenvalue weighted by Gasteiger charge is -2.04. The minimum atomic E-state index is -0.294. The third-order valence-corrected chi connectivity index (χ3v) is 4.35. The average Bonchev–Trinajstić information content (AvgIpc) is 2.96. The highest BCUT2D eigenvalue weighted by molar-refractivity contribution is 8.00. The van der Waals surface area contributed by atoms with E-state index in [1.165, 1.54) is 11.8 Å². The van der Waals surface area contributed by atoms with Gasteiger partial charge in [0, 0.05) is 22.9 Å². The van der Waals surface area contributed by atoms with Crippen LogP contribution in [0.15, 0.2) is 65.8 Å². The Hall–Kier alpha value is -2.71. The molecule has 0 spiro atoms. The van der Waals surface area contributed by atoms with Gasteiger partial charge >= 0.3 is 5.97 Å². The zero-order valence-electron chi connectivity index (χ0n) is 12.3. The molecule has 0 bridgehead atoms. The normalized spacial score (nSPS) is 10.4. The van der Waals surface area contributed by atoms with Crippen LogP contribution >= 0.6 is 11.8 Å². The summed E-state index contributed by atoms with van der Waals surface area (Å²) in [5, 5.41) is 9.31. The molecule has 0 aliphatic heterocycles. The molecule has 0 atom stereocenters. The second-order valence-corrected chi connectivity index (χ2v) is 5.95. The van der Waals surface area contributed by atoms with Crippen molar-refractivity contribution in [1.82, 2.24) is 4.40 Å². The van der Waals surface area contributed by atoms with Crippen molar-refractivity contribution in [3.05, 3.63) is 72.1 Å². The second kappa shape index (κ2) is 7.03. The van der Waals surface area contributed by atoms with E-state index in [0.717, 1.165) is 16.0 Å². The van der Waals surface area contributed by atoms with Gasteiger partial charge < -0.3 is 9.14 Å². The van der Waals surface area contributed by atoms with Crippen LogP contribution in [0, 0.1) is 11.3 Å². The van der Waals surface area contributed by atoms with Gasteiger partial charge in [-0.2, -0.15) is 5.26 Å².